The van der Waals surface area contributed by atoms with E-state index in [0.29, 0.717) is 41.4 Å². The molecule has 0 saturated carbocycles. The number of aliphatic hydroxyl groups excluding tert-OH is 1. The van der Waals surface area contributed by atoms with Gasteiger partial charge in [-0.05, 0) is 36.6 Å². The number of carbonyl (C=O) groups excluding carboxylic acids is 1. The highest BCUT2D eigenvalue weighted by Crippen LogP contribution is 2.39. The number of primary amides is 1. The van der Waals surface area contributed by atoms with Crippen molar-refractivity contribution in [2.45, 2.75) is 26.8 Å². The van der Waals surface area contributed by atoms with Gasteiger partial charge in [0.2, 0.25) is 5.91 Å². The summed E-state index contributed by atoms with van der Waals surface area (Å²) in [6.07, 6.45) is 5.03. The van der Waals surface area contributed by atoms with Gasteiger partial charge in [-0.25, -0.2) is 18.7 Å². The molecule has 0 aliphatic carbocycles. The second kappa shape index (κ2) is 13.3. The Balaban J connectivity index is 1.61. The number of halogens is 2. The molecule has 10 nitrogen and oxygen atoms in total. The lowest BCUT2D eigenvalue weighted by Gasteiger charge is -2.24. The van der Waals surface area contributed by atoms with E-state index in [1.807, 2.05) is 0 Å². The average molecular weight is 554 g/mol. The van der Waals surface area contributed by atoms with Crippen molar-refractivity contribution in [1.29, 1.82) is 0 Å². The average Bonchev–Trinajstić information content (AvgIpc) is 3.36. The molecule has 0 unspecified atom stereocenters. The first-order valence-corrected chi connectivity index (χ1v) is 13.0. The number of carbonyl (C=O) groups is 1. The first kappa shape index (κ1) is 28.8. The van der Waals surface area contributed by atoms with Crippen LogP contribution in [-0.4, -0.2) is 68.5 Å². The van der Waals surface area contributed by atoms with E-state index in [0.717, 1.165) is 25.6 Å². The number of rotatable bonds is 14. The molecule has 2 heterocycles. The Kier molecular flexibility index (Phi) is 9.56. The van der Waals surface area contributed by atoms with Crippen LogP contribution in [0, 0.1) is 17.6 Å². The number of hydrogen-bond donors (Lipinski definition) is 2. The zero-order valence-corrected chi connectivity index (χ0v) is 22.5. The van der Waals surface area contributed by atoms with Crippen LogP contribution in [0.5, 0.6) is 5.75 Å². The van der Waals surface area contributed by atoms with Gasteiger partial charge in [-0.2, -0.15) is 5.10 Å². The van der Waals surface area contributed by atoms with E-state index >= 15 is 4.39 Å². The number of anilines is 3. The molecular weight excluding hydrogens is 520 g/mol. The van der Waals surface area contributed by atoms with E-state index in [4.69, 9.17) is 10.5 Å². The minimum absolute atomic E-state index is 0.0900. The Morgan fingerprint density at radius 3 is 2.75 bits per heavy atom. The van der Waals surface area contributed by atoms with Crippen LogP contribution in [0.4, 0.5) is 26.0 Å². The van der Waals surface area contributed by atoms with Crippen LogP contribution in [-0.2, 0) is 11.3 Å². The predicted octanol–water partition coefficient (Wildman–Crippen LogP) is 3.78. The highest BCUT2D eigenvalue weighted by atomic mass is 19.2. The van der Waals surface area contributed by atoms with E-state index in [-0.39, 0.29) is 24.7 Å². The number of aliphatic hydroxyl groups is 1. The summed E-state index contributed by atoms with van der Waals surface area (Å²) in [5, 5.41) is 14.0. The number of amides is 1. The number of hydrogen-bond acceptors (Lipinski definition) is 8. The molecule has 2 aromatic carbocycles. The SMILES string of the molecule is CC(C)CN(CCO)CCCOc1ccc2c(N(c3cnn(CC(N)=O)c3)c3cccc(F)c3F)ncnc2c1. The van der Waals surface area contributed by atoms with Crippen molar-refractivity contribution in [1.82, 2.24) is 24.6 Å². The van der Waals surface area contributed by atoms with Crippen molar-refractivity contribution >= 4 is 34.0 Å². The third-order valence-corrected chi connectivity index (χ3v) is 6.09. The van der Waals surface area contributed by atoms with Gasteiger partial charge in [0.1, 0.15) is 24.4 Å². The highest BCUT2D eigenvalue weighted by Gasteiger charge is 2.23. The molecule has 0 fully saturated rings. The number of benzene rings is 2. The molecule has 1 amide bonds. The third-order valence-electron chi connectivity index (χ3n) is 6.09. The molecule has 4 rings (SSSR count). The monoisotopic (exact) mass is 553 g/mol. The Bertz CT molecular complexity index is 1450. The van der Waals surface area contributed by atoms with Gasteiger partial charge in [-0.15, -0.1) is 0 Å². The van der Waals surface area contributed by atoms with Crippen LogP contribution in [0.2, 0.25) is 0 Å². The van der Waals surface area contributed by atoms with Gasteiger partial charge < -0.3 is 20.5 Å². The summed E-state index contributed by atoms with van der Waals surface area (Å²) in [4.78, 5) is 23.8. The molecule has 0 atom stereocenters. The topological polar surface area (TPSA) is 123 Å². The summed E-state index contributed by atoms with van der Waals surface area (Å²) >= 11 is 0. The van der Waals surface area contributed by atoms with Gasteiger partial charge in [-0.1, -0.05) is 19.9 Å². The van der Waals surface area contributed by atoms with Gasteiger partial charge in [-0.3, -0.25) is 14.4 Å². The van der Waals surface area contributed by atoms with Gasteiger partial charge in [0, 0.05) is 37.3 Å². The second-order valence-electron chi connectivity index (χ2n) is 9.77. The van der Waals surface area contributed by atoms with Crippen molar-refractivity contribution in [3.63, 3.8) is 0 Å². The summed E-state index contributed by atoms with van der Waals surface area (Å²) in [6.45, 7) is 7.02. The summed E-state index contributed by atoms with van der Waals surface area (Å²) in [7, 11) is 0. The maximum Gasteiger partial charge on any atom is 0.239 e. The minimum atomic E-state index is -1.07. The third kappa shape index (κ3) is 7.07. The van der Waals surface area contributed by atoms with Gasteiger partial charge in [0.05, 0.1) is 36.3 Å². The van der Waals surface area contributed by atoms with Crippen LogP contribution in [0.3, 0.4) is 0 Å². The molecule has 0 spiro atoms. The van der Waals surface area contributed by atoms with Crippen LogP contribution in [0.25, 0.3) is 10.9 Å². The first-order chi connectivity index (χ1) is 19.3. The predicted molar refractivity (Wildman–Crippen MR) is 148 cm³/mol. The van der Waals surface area contributed by atoms with E-state index in [1.54, 1.807) is 18.2 Å². The van der Waals surface area contributed by atoms with Crippen molar-refractivity contribution in [2.75, 3.05) is 37.7 Å². The van der Waals surface area contributed by atoms with Crippen LogP contribution >= 0.6 is 0 Å². The number of nitrogens with two attached hydrogens (primary N) is 1. The highest BCUT2D eigenvalue weighted by molar-refractivity contribution is 5.95. The van der Waals surface area contributed by atoms with Crippen LogP contribution < -0.4 is 15.4 Å². The van der Waals surface area contributed by atoms with Crippen molar-refractivity contribution < 1.29 is 23.4 Å². The molecule has 4 aromatic rings. The molecule has 0 bridgehead atoms. The Morgan fingerprint density at radius 2 is 2.00 bits per heavy atom. The van der Waals surface area contributed by atoms with Crippen LogP contribution in [0.1, 0.15) is 20.3 Å². The standard InChI is InChI=1S/C28H33F2N7O3/c1-19(2)15-35(10-11-38)9-4-12-40-21-7-8-22-24(13-21)32-18-33-28(22)37(25-6-3-5-23(29)27(25)30)20-14-34-36(16-20)17-26(31)39/h3,5-8,13-14,16,18-19,38H,4,9-12,15,17H2,1-2H3,(H2,31,39). The maximum absolute atomic E-state index is 15.1. The number of fused-ring (bicyclic) bond motifs is 1. The molecule has 12 heteroatoms. The fourth-order valence-electron chi connectivity index (χ4n) is 4.48. The van der Waals surface area contributed by atoms with Crippen molar-refractivity contribution in [3.05, 3.63) is 66.8 Å². The molecule has 3 N–H and O–H groups in total. The molecule has 0 radical (unpaired) electrons. The summed E-state index contributed by atoms with van der Waals surface area (Å²) in [5.41, 5.74) is 6.08. The maximum atomic E-state index is 15.1. The van der Waals surface area contributed by atoms with E-state index in [9.17, 15) is 14.3 Å². The smallest absolute Gasteiger partial charge is 0.239 e. The van der Waals surface area contributed by atoms with E-state index in [2.05, 4.69) is 33.8 Å². The van der Waals surface area contributed by atoms with Crippen molar-refractivity contribution in [2.24, 2.45) is 11.7 Å². The Morgan fingerprint density at radius 1 is 1.18 bits per heavy atom. The van der Waals surface area contributed by atoms with E-state index in [1.165, 1.54) is 40.4 Å². The molecular formula is C28H33F2N7O3. The largest absolute Gasteiger partial charge is 0.493 e. The number of aromatic nitrogens is 4. The lowest BCUT2D eigenvalue weighted by atomic mass is 10.2. The second-order valence-corrected chi connectivity index (χ2v) is 9.77. The Hall–Kier alpha value is -4.16. The Labute approximate surface area is 231 Å². The fourth-order valence-corrected chi connectivity index (χ4v) is 4.48. The van der Waals surface area contributed by atoms with Gasteiger partial charge in [0.25, 0.3) is 0 Å². The molecule has 2 aromatic heterocycles. The molecule has 40 heavy (non-hydrogen) atoms. The van der Waals surface area contributed by atoms with Gasteiger partial charge >= 0.3 is 0 Å². The van der Waals surface area contributed by atoms with Crippen molar-refractivity contribution in [3.8, 4) is 5.75 Å². The normalized spacial score (nSPS) is 11.5. The zero-order valence-electron chi connectivity index (χ0n) is 22.5. The fraction of sp³-hybridized carbons (Fsp3) is 0.357. The lowest BCUT2D eigenvalue weighted by molar-refractivity contribution is -0.118. The molecule has 212 valence electrons. The summed E-state index contributed by atoms with van der Waals surface area (Å²) < 4.78 is 36.6. The molecule has 0 aliphatic heterocycles. The molecule has 0 aliphatic rings. The number of ether oxygens (including phenoxy) is 1. The first-order valence-electron chi connectivity index (χ1n) is 13.0. The van der Waals surface area contributed by atoms with Crippen LogP contribution in [0.15, 0.2) is 55.1 Å². The quantitative estimate of drug-likeness (QED) is 0.226. The summed E-state index contributed by atoms with van der Waals surface area (Å²) in [6, 6.07) is 9.14. The molecule has 0 saturated heterocycles. The van der Waals surface area contributed by atoms with Gasteiger partial charge in [0.15, 0.2) is 11.6 Å². The minimum Gasteiger partial charge on any atom is -0.493 e. The zero-order chi connectivity index (χ0) is 28.6. The van der Waals surface area contributed by atoms with E-state index < -0.39 is 17.5 Å². The number of nitrogens with zero attached hydrogens (tertiary/aromatic N) is 6. The summed E-state index contributed by atoms with van der Waals surface area (Å²) in [5.74, 6) is -1.30. The lowest BCUT2D eigenvalue weighted by Crippen LogP contribution is -2.32.